The van der Waals surface area contributed by atoms with Crippen LogP contribution in [0.4, 0.5) is 0 Å². The molecule has 0 aliphatic carbocycles. The Labute approximate surface area is 192 Å². The predicted octanol–water partition coefficient (Wildman–Crippen LogP) is 2.41. The van der Waals surface area contributed by atoms with Gasteiger partial charge in [-0.05, 0) is 29.7 Å². The van der Waals surface area contributed by atoms with E-state index in [1.54, 1.807) is 29.2 Å². The third kappa shape index (κ3) is 5.43. The largest absolute Gasteiger partial charge is 0.484 e. The summed E-state index contributed by atoms with van der Waals surface area (Å²) in [5, 5.41) is 0.837. The predicted molar refractivity (Wildman–Crippen MR) is 125 cm³/mol. The molecule has 0 N–H and O–H groups in total. The average Bonchev–Trinajstić information content (AvgIpc) is 2.82. The van der Waals surface area contributed by atoms with Crippen molar-refractivity contribution in [1.29, 1.82) is 0 Å². The molecule has 0 unspecified atom stereocenters. The smallest absolute Gasteiger partial charge is 0.336 e. The number of ether oxygens (including phenoxy) is 1. The summed E-state index contributed by atoms with van der Waals surface area (Å²) in [7, 11) is -3.44. The zero-order chi connectivity index (χ0) is 23.4. The summed E-state index contributed by atoms with van der Waals surface area (Å²) in [4.78, 5) is 25.9. The Morgan fingerprint density at radius 1 is 1.03 bits per heavy atom. The van der Waals surface area contributed by atoms with E-state index in [0.717, 1.165) is 16.5 Å². The van der Waals surface area contributed by atoms with Crippen LogP contribution in [0, 0.1) is 0 Å². The van der Waals surface area contributed by atoms with E-state index in [4.69, 9.17) is 9.15 Å². The quantitative estimate of drug-likeness (QED) is 0.492. The van der Waals surface area contributed by atoms with Crippen LogP contribution < -0.4 is 10.4 Å². The highest BCUT2D eigenvalue weighted by Crippen LogP contribution is 2.23. The van der Waals surface area contributed by atoms with Crippen LogP contribution >= 0.6 is 0 Å². The second-order valence-corrected chi connectivity index (χ2v) is 9.88. The molecule has 0 radical (unpaired) electrons. The lowest BCUT2D eigenvalue weighted by Crippen LogP contribution is -2.51. The Morgan fingerprint density at radius 2 is 1.76 bits per heavy atom. The fourth-order valence-electron chi connectivity index (χ4n) is 3.92. The fourth-order valence-corrected chi connectivity index (χ4v) is 5.44. The van der Waals surface area contributed by atoms with Gasteiger partial charge in [0.1, 0.15) is 11.3 Å². The first kappa shape index (κ1) is 23.0. The van der Waals surface area contributed by atoms with Crippen LogP contribution in [0.2, 0.25) is 0 Å². The van der Waals surface area contributed by atoms with Gasteiger partial charge in [-0.3, -0.25) is 4.79 Å². The Morgan fingerprint density at radius 3 is 2.45 bits per heavy atom. The molecule has 8 nitrogen and oxygen atoms in total. The summed E-state index contributed by atoms with van der Waals surface area (Å²) in [5.41, 5.74) is 1.62. The van der Waals surface area contributed by atoms with E-state index in [0.29, 0.717) is 30.8 Å². The summed E-state index contributed by atoms with van der Waals surface area (Å²) in [6.07, 6.45) is 0.702. The highest BCUT2D eigenvalue weighted by Gasteiger charge is 2.29. The van der Waals surface area contributed by atoms with Crippen molar-refractivity contribution in [3.8, 4) is 5.75 Å². The van der Waals surface area contributed by atoms with Crippen molar-refractivity contribution >= 4 is 26.9 Å². The van der Waals surface area contributed by atoms with Gasteiger partial charge < -0.3 is 14.1 Å². The minimum absolute atomic E-state index is 0.0528. The van der Waals surface area contributed by atoms with Crippen LogP contribution in [-0.4, -0.2) is 56.3 Å². The number of fused-ring (bicyclic) bond motifs is 1. The number of nitrogens with zero attached hydrogens (tertiary/aromatic N) is 2. The standard InChI is InChI=1S/C24H26N2O6S/c1-2-19-14-24(28)32-22-15-20(8-9-21(19)22)31-16-23(27)25-10-12-26(13-11-25)33(29,30)17-18-6-4-3-5-7-18/h3-9,14-15H,2,10-13,16-17H2,1H3. The molecule has 2 heterocycles. The number of sulfonamides is 1. The van der Waals surface area contributed by atoms with Gasteiger partial charge in [-0.1, -0.05) is 37.3 Å². The number of amides is 1. The first-order valence-electron chi connectivity index (χ1n) is 10.8. The molecule has 1 saturated heterocycles. The lowest BCUT2D eigenvalue weighted by Gasteiger charge is -2.34. The number of hydrogen-bond donors (Lipinski definition) is 0. The second kappa shape index (κ2) is 9.76. The van der Waals surface area contributed by atoms with Crippen molar-refractivity contribution in [2.45, 2.75) is 19.1 Å². The average molecular weight is 471 g/mol. The van der Waals surface area contributed by atoms with Gasteiger partial charge in [-0.25, -0.2) is 13.2 Å². The van der Waals surface area contributed by atoms with Crippen molar-refractivity contribution in [2.75, 3.05) is 32.8 Å². The van der Waals surface area contributed by atoms with Crippen LogP contribution in [0.15, 0.2) is 63.8 Å². The molecule has 0 spiro atoms. The molecule has 1 aliphatic rings. The first-order valence-corrected chi connectivity index (χ1v) is 12.5. The summed E-state index contributed by atoms with van der Waals surface area (Å²) in [6, 6.07) is 15.7. The molecule has 0 atom stereocenters. The molecule has 0 saturated carbocycles. The van der Waals surface area contributed by atoms with E-state index < -0.39 is 15.6 Å². The normalized spacial score (nSPS) is 15.0. The maximum atomic E-state index is 12.7. The number of carbonyl (C=O) groups is 1. The van der Waals surface area contributed by atoms with Gasteiger partial charge in [0.05, 0.1) is 5.75 Å². The maximum Gasteiger partial charge on any atom is 0.336 e. The first-order chi connectivity index (χ1) is 15.9. The molecule has 33 heavy (non-hydrogen) atoms. The van der Waals surface area contributed by atoms with Crippen molar-refractivity contribution in [3.63, 3.8) is 0 Å². The third-order valence-corrected chi connectivity index (χ3v) is 7.57. The Kier molecular flexibility index (Phi) is 6.80. The minimum Gasteiger partial charge on any atom is -0.484 e. The van der Waals surface area contributed by atoms with Gasteiger partial charge in [0.15, 0.2) is 6.61 Å². The van der Waals surface area contributed by atoms with E-state index >= 15 is 0 Å². The third-order valence-electron chi connectivity index (χ3n) is 5.72. The number of piperazine rings is 1. The van der Waals surface area contributed by atoms with Crippen molar-refractivity contribution < 1.29 is 22.4 Å². The molecule has 9 heteroatoms. The molecular formula is C24H26N2O6S. The number of rotatable bonds is 7. The van der Waals surface area contributed by atoms with Crippen LogP contribution in [-0.2, 0) is 27.0 Å². The monoisotopic (exact) mass is 470 g/mol. The fraction of sp³-hybridized carbons (Fsp3) is 0.333. The summed E-state index contributed by atoms with van der Waals surface area (Å²) >= 11 is 0. The maximum absolute atomic E-state index is 12.7. The highest BCUT2D eigenvalue weighted by atomic mass is 32.2. The van der Waals surface area contributed by atoms with Gasteiger partial charge in [-0.15, -0.1) is 0 Å². The van der Waals surface area contributed by atoms with Gasteiger partial charge in [0.2, 0.25) is 10.0 Å². The van der Waals surface area contributed by atoms with Crippen molar-refractivity contribution in [3.05, 3.63) is 76.1 Å². The Bertz CT molecular complexity index is 1300. The minimum atomic E-state index is -3.44. The van der Waals surface area contributed by atoms with Crippen molar-refractivity contribution in [2.24, 2.45) is 0 Å². The van der Waals surface area contributed by atoms with Gasteiger partial charge in [-0.2, -0.15) is 4.31 Å². The molecule has 1 aliphatic heterocycles. The Balaban J connectivity index is 1.33. The zero-order valence-corrected chi connectivity index (χ0v) is 19.2. The van der Waals surface area contributed by atoms with Crippen LogP contribution in [0.1, 0.15) is 18.1 Å². The molecule has 4 rings (SSSR count). The molecule has 2 aromatic carbocycles. The number of hydrogen-bond acceptors (Lipinski definition) is 6. The number of aryl methyl sites for hydroxylation is 1. The summed E-state index contributed by atoms with van der Waals surface area (Å²) in [5.74, 6) is 0.151. The second-order valence-electron chi connectivity index (χ2n) is 7.91. The van der Waals surface area contributed by atoms with E-state index in [-0.39, 0.29) is 31.4 Å². The van der Waals surface area contributed by atoms with Crippen LogP contribution in [0.3, 0.4) is 0 Å². The lowest BCUT2D eigenvalue weighted by atomic mass is 10.1. The van der Waals surface area contributed by atoms with E-state index in [1.165, 1.54) is 10.4 Å². The van der Waals surface area contributed by atoms with Gasteiger partial charge in [0, 0.05) is 43.7 Å². The number of carbonyl (C=O) groups excluding carboxylic acids is 1. The van der Waals surface area contributed by atoms with Gasteiger partial charge >= 0.3 is 5.63 Å². The molecule has 1 fully saturated rings. The molecule has 174 valence electrons. The van der Waals surface area contributed by atoms with E-state index in [1.807, 2.05) is 31.2 Å². The molecule has 0 bridgehead atoms. The highest BCUT2D eigenvalue weighted by molar-refractivity contribution is 7.88. The molecule has 3 aromatic rings. The lowest BCUT2D eigenvalue weighted by molar-refractivity contribution is -0.134. The molecule has 1 aromatic heterocycles. The summed E-state index contributed by atoms with van der Waals surface area (Å²) in [6.45, 7) is 2.90. The van der Waals surface area contributed by atoms with Crippen LogP contribution in [0.25, 0.3) is 11.0 Å². The van der Waals surface area contributed by atoms with E-state index in [9.17, 15) is 18.0 Å². The van der Waals surface area contributed by atoms with E-state index in [2.05, 4.69) is 0 Å². The van der Waals surface area contributed by atoms with Crippen LogP contribution in [0.5, 0.6) is 5.75 Å². The topological polar surface area (TPSA) is 97.1 Å². The molecule has 1 amide bonds. The molecular weight excluding hydrogens is 444 g/mol. The Hall–Kier alpha value is -3.17. The van der Waals surface area contributed by atoms with Gasteiger partial charge in [0.25, 0.3) is 5.91 Å². The van der Waals surface area contributed by atoms with Crippen molar-refractivity contribution in [1.82, 2.24) is 9.21 Å². The number of benzene rings is 2. The zero-order valence-electron chi connectivity index (χ0n) is 18.4. The summed E-state index contributed by atoms with van der Waals surface area (Å²) < 4.78 is 37.7. The SMILES string of the molecule is CCc1cc(=O)oc2cc(OCC(=O)N3CCN(S(=O)(=O)Cc4ccccc4)CC3)ccc12.